The maximum absolute atomic E-state index is 12.4. The molecule has 0 unspecified atom stereocenters. The highest BCUT2D eigenvalue weighted by Crippen LogP contribution is 2.39. The fraction of sp³-hybridized carbons (Fsp3) is 0.200. The molecular weight excluding hydrogens is 396 g/mol. The normalized spacial score (nSPS) is 10.3. The topological polar surface area (TPSA) is 88.0 Å². The van der Waals surface area contributed by atoms with E-state index in [1.807, 2.05) is 35.2 Å². The van der Waals surface area contributed by atoms with E-state index in [1.165, 1.54) is 32.7 Å². The van der Waals surface area contributed by atoms with Crippen molar-refractivity contribution in [2.75, 3.05) is 33.3 Å². The molecule has 0 bridgehead atoms. The van der Waals surface area contributed by atoms with Crippen molar-refractivity contribution in [1.82, 2.24) is 4.57 Å². The molecule has 3 rings (SSSR count). The average molecular weight is 416 g/mol. The number of ether oxygens (including phenoxy) is 4. The lowest BCUT2D eigenvalue weighted by Crippen LogP contribution is -2.21. The first-order chi connectivity index (χ1) is 14.1. The second-order valence-corrected chi connectivity index (χ2v) is 6.68. The number of hydrogen-bond acceptors (Lipinski definition) is 7. The smallest absolute Gasteiger partial charge is 0.350 e. The minimum atomic E-state index is -0.566. The van der Waals surface area contributed by atoms with E-state index in [1.54, 1.807) is 17.5 Å². The van der Waals surface area contributed by atoms with Crippen LogP contribution in [0.1, 0.15) is 9.67 Å². The Hall–Kier alpha value is -3.46. The number of nitrogens with zero attached hydrogens (tertiary/aromatic N) is 1. The highest BCUT2D eigenvalue weighted by molar-refractivity contribution is 7.12. The number of rotatable bonds is 8. The first-order valence-electron chi connectivity index (χ1n) is 8.55. The minimum Gasteiger partial charge on any atom is -0.493 e. The molecule has 0 fully saturated rings. The van der Waals surface area contributed by atoms with Gasteiger partial charge in [-0.3, -0.25) is 4.79 Å². The Kier molecular flexibility index (Phi) is 6.40. The molecule has 0 saturated carbocycles. The Morgan fingerprint density at radius 2 is 1.69 bits per heavy atom. The Labute approximate surface area is 171 Å². The number of benzene rings is 1. The van der Waals surface area contributed by atoms with E-state index in [9.17, 15) is 9.59 Å². The van der Waals surface area contributed by atoms with E-state index in [0.717, 1.165) is 0 Å². The molecular formula is C20H20N2O6S. The predicted octanol–water partition coefficient (Wildman–Crippen LogP) is 3.36. The molecule has 2 heterocycles. The van der Waals surface area contributed by atoms with Gasteiger partial charge in [0.15, 0.2) is 18.1 Å². The molecule has 29 heavy (non-hydrogen) atoms. The molecule has 1 N–H and O–H groups in total. The van der Waals surface area contributed by atoms with Gasteiger partial charge in [-0.2, -0.15) is 0 Å². The van der Waals surface area contributed by atoms with Gasteiger partial charge in [-0.1, -0.05) is 0 Å². The molecule has 2 aromatic heterocycles. The quantitative estimate of drug-likeness (QED) is 0.567. The first kappa shape index (κ1) is 20.3. The van der Waals surface area contributed by atoms with Crippen molar-refractivity contribution in [2.24, 2.45) is 0 Å². The molecule has 1 amide bonds. The van der Waals surface area contributed by atoms with Crippen molar-refractivity contribution < 1.29 is 28.5 Å². The number of hydrogen-bond donors (Lipinski definition) is 1. The number of aromatic nitrogens is 1. The van der Waals surface area contributed by atoms with Gasteiger partial charge >= 0.3 is 5.97 Å². The van der Waals surface area contributed by atoms with Crippen LogP contribution >= 0.6 is 11.3 Å². The summed E-state index contributed by atoms with van der Waals surface area (Å²) in [5.74, 6) is 0.147. The number of carbonyl (C=O) groups is 2. The standard InChI is InChI=1S/C20H20N2O6S/c1-25-15-10-13(11-16(26-2)18(15)27-3)21-17(23)12-28-20(24)19-14(6-9-29-19)22-7-4-5-8-22/h4-11H,12H2,1-3H3,(H,21,23). The zero-order valence-corrected chi connectivity index (χ0v) is 16.9. The minimum absolute atomic E-state index is 0.397. The van der Waals surface area contributed by atoms with Crippen LogP contribution in [0.2, 0.25) is 0 Å². The Morgan fingerprint density at radius 1 is 1.03 bits per heavy atom. The van der Waals surface area contributed by atoms with Crippen LogP contribution in [0, 0.1) is 0 Å². The van der Waals surface area contributed by atoms with Gasteiger partial charge in [0.2, 0.25) is 5.75 Å². The van der Waals surface area contributed by atoms with Crippen LogP contribution in [-0.4, -0.2) is 44.4 Å². The summed E-state index contributed by atoms with van der Waals surface area (Å²) in [7, 11) is 4.45. The van der Waals surface area contributed by atoms with Gasteiger partial charge in [0.1, 0.15) is 4.88 Å². The van der Waals surface area contributed by atoms with Gasteiger partial charge < -0.3 is 28.8 Å². The van der Waals surface area contributed by atoms with Crippen molar-refractivity contribution in [3.05, 3.63) is 53.0 Å². The number of methoxy groups -OCH3 is 3. The molecule has 0 aliphatic heterocycles. The van der Waals surface area contributed by atoms with Crippen LogP contribution in [0.4, 0.5) is 5.69 Å². The molecule has 0 atom stereocenters. The summed E-state index contributed by atoms with van der Waals surface area (Å²) in [6.07, 6.45) is 3.66. The zero-order valence-electron chi connectivity index (χ0n) is 16.1. The van der Waals surface area contributed by atoms with Gasteiger partial charge in [0, 0.05) is 30.2 Å². The number of carbonyl (C=O) groups excluding carboxylic acids is 2. The van der Waals surface area contributed by atoms with Crippen LogP contribution in [0.15, 0.2) is 48.1 Å². The number of nitrogens with one attached hydrogen (secondary N) is 1. The van der Waals surface area contributed by atoms with Crippen molar-refractivity contribution >= 4 is 28.9 Å². The molecule has 0 radical (unpaired) electrons. The number of esters is 1. The van der Waals surface area contributed by atoms with Gasteiger partial charge in [-0.25, -0.2) is 4.79 Å². The Morgan fingerprint density at radius 3 is 2.28 bits per heavy atom. The summed E-state index contributed by atoms with van der Waals surface area (Å²) in [4.78, 5) is 25.1. The van der Waals surface area contributed by atoms with Crippen LogP contribution in [0.25, 0.3) is 5.69 Å². The van der Waals surface area contributed by atoms with Crippen molar-refractivity contribution in [3.8, 4) is 22.9 Å². The maximum atomic E-state index is 12.4. The van der Waals surface area contributed by atoms with E-state index in [0.29, 0.717) is 33.5 Å². The van der Waals surface area contributed by atoms with Gasteiger partial charge in [-0.05, 0) is 23.6 Å². The van der Waals surface area contributed by atoms with Crippen molar-refractivity contribution in [3.63, 3.8) is 0 Å². The molecule has 8 nitrogen and oxygen atoms in total. The summed E-state index contributed by atoms with van der Waals surface area (Å²) in [6, 6.07) is 8.71. The third kappa shape index (κ3) is 4.52. The van der Waals surface area contributed by atoms with Gasteiger partial charge in [-0.15, -0.1) is 11.3 Å². The van der Waals surface area contributed by atoms with E-state index >= 15 is 0 Å². The van der Waals surface area contributed by atoms with Crippen molar-refractivity contribution in [2.45, 2.75) is 0 Å². The van der Waals surface area contributed by atoms with Crippen molar-refractivity contribution in [1.29, 1.82) is 0 Å². The lowest BCUT2D eigenvalue weighted by Gasteiger charge is -2.14. The molecule has 9 heteroatoms. The summed E-state index contributed by atoms with van der Waals surface area (Å²) in [5, 5.41) is 4.45. The Bertz CT molecular complexity index is 971. The van der Waals surface area contributed by atoms with E-state index in [-0.39, 0.29) is 0 Å². The van der Waals surface area contributed by atoms with E-state index in [4.69, 9.17) is 18.9 Å². The maximum Gasteiger partial charge on any atom is 0.350 e. The first-order valence-corrected chi connectivity index (χ1v) is 9.43. The molecule has 152 valence electrons. The van der Waals surface area contributed by atoms with E-state index < -0.39 is 18.5 Å². The second-order valence-electron chi connectivity index (χ2n) is 5.76. The molecule has 0 aliphatic rings. The largest absolute Gasteiger partial charge is 0.493 e. The lowest BCUT2D eigenvalue weighted by atomic mass is 10.2. The van der Waals surface area contributed by atoms with Gasteiger partial charge in [0.25, 0.3) is 5.91 Å². The number of thiophene rings is 1. The highest BCUT2D eigenvalue weighted by atomic mass is 32.1. The summed E-state index contributed by atoms with van der Waals surface area (Å²) in [5.41, 5.74) is 1.12. The lowest BCUT2D eigenvalue weighted by molar-refractivity contribution is -0.119. The third-order valence-electron chi connectivity index (χ3n) is 4.00. The second kappa shape index (κ2) is 9.16. The Balaban J connectivity index is 1.65. The monoisotopic (exact) mass is 416 g/mol. The van der Waals surface area contributed by atoms with Crippen LogP contribution < -0.4 is 19.5 Å². The molecule has 3 aromatic rings. The number of amides is 1. The molecule has 1 aromatic carbocycles. The van der Waals surface area contributed by atoms with Crippen LogP contribution in [0.3, 0.4) is 0 Å². The highest BCUT2D eigenvalue weighted by Gasteiger charge is 2.18. The summed E-state index contributed by atoms with van der Waals surface area (Å²) >= 11 is 1.25. The molecule has 0 aliphatic carbocycles. The SMILES string of the molecule is COc1cc(NC(=O)COC(=O)c2sccc2-n2cccc2)cc(OC)c1OC. The van der Waals surface area contributed by atoms with Crippen LogP contribution in [-0.2, 0) is 9.53 Å². The fourth-order valence-corrected chi connectivity index (χ4v) is 3.48. The average Bonchev–Trinajstić information content (AvgIpc) is 3.42. The zero-order chi connectivity index (χ0) is 20.8. The molecule has 0 saturated heterocycles. The number of anilines is 1. The van der Waals surface area contributed by atoms with Crippen LogP contribution in [0.5, 0.6) is 17.2 Å². The van der Waals surface area contributed by atoms with E-state index in [2.05, 4.69) is 5.32 Å². The fourth-order valence-electron chi connectivity index (χ4n) is 2.70. The summed E-state index contributed by atoms with van der Waals surface area (Å²) < 4.78 is 22.7. The predicted molar refractivity (Wildman–Crippen MR) is 109 cm³/mol. The third-order valence-corrected chi connectivity index (χ3v) is 4.88. The molecule has 0 spiro atoms. The van der Waals surface area contributed by atoms with Gasteiger partial charge in [0.05, 0.1) is 27.0 Å². The summed E-state index contributed by atoms with van der Waals surface area (Å²) in [6.45, 7) is -0.432.